The number of thiophene rings is 1. The van der Waals surface area contributed by atoms with Crippen molar-refractivity contribution in [3.8, 4) is 0 Å². The fraction of sp³-hybridized carbons (Fsp3) is 0.636. The summed E-state index contributed by atoms with van der Waals surface area (Å²) in [7, 11) is -3.38. The van der Waals surface area contributed by atoms with Crippen LogP contribution in [0.25, 0.3) is 0 Å². The van der Waals surface area contributed by atoms with Crippen LogP contribution in [0.5, 0.6) is 0 Å². The van der Waals surface area contributed by atoms with E-state index < -0.39 is 10.0 Å². The lowest BCUT2D eigenvalue weighted by Gasteiger charge is -2.18. The van der Waals surface area contributed by atoms with Crippen LogP contribution in [0.2, 0.25) is 0 Å². The molecule has 0 bridgehead atoms. The average Bonchev–Trinajstić information content (AvgIpc) is 2.67. The molecule has 0 atom stereocenters. The first-order valence-electron chi connectivity index (χ1n) is 5.67. The summed E-state index contributed by atoms with van der Waals surface area (Å²) in [5.74, 6) is 0. The third kappa shape index (κ3) is 3.07. The summed E-state index contributed by atoms with van der Waals surface area (Å²) in [6.45, 7) is 6.51. The molecule has 1 heterocycles. The largest absolute Gasteiger partial charge is 0.391 e. The second kappa shape index (κ2) is 5.95. The lowest BCUT2D eigenvalue weighted by atomic mass is 10.3. The summed E-state index contributed by atoms with van der Waals surface area (Å²) >= 11 is 1.16. The first kappa shape index (κ1) is 14.6. The van der Waals surface area contributed by atoms with Gasteiger partial charge in [-0.1, -0.05) is 13.8 Å². The number of sulfonamides is 1. The van der Waals surface area contributed by atoms with Crippen LogP contribution < -0.4 is 0 Å². The van der Waals surface area contributed by atoms with Gasteiger partial charge in [-0.15, -0.1) is 11.3 Å². The van der Waals surface area contributed by atoms with Crippen LogP contribution in [-0.4, -0.2) is 30.9 Å². The summed E-state index contributed by atoms with van der Waals surface area (Å²) in [5.41, 5.74) is 0.837. The summed E-state index contributed by atoms with van der Waals surface area (Å²) in [6.07, 6.45) is 0.796. The topological polar surface area (TPSA) is 57.6 Å². The Morgan fingerprint density at radius 3 is 2.47 bits per heavy atom. The number of aryl methyl sites for hydroxylation is 1. The number of aliphatic hydroxyl groups excluding tert-OH is 1. The van der Waals surface area contributed by atoms with Crippen LogP contribution in [0.3, 0.4) is 0 Å². The van der Waals surface area contributed by atoms with Crippen LogP contribution in [0.4, 0.5) is 0 Å². The number of rotatable bonds is 6. The molecule has 0 aliphatic rings. The van der Waals surface area contributed by atoms with Crippen LogP contribution in [0.15, 0.2) is 10.3 Å². The van der Waals surface area contributed by atoms with Crippen molar-refractivity contribution in [1.29, 1.82) is 0 Å². The van der Waals surface area contributed by atoms with E-state index in [1.165, 1.54) is 4.31 Å². The van der Waals surface area contributed by atoms with Crippen molar-refractivity contribution in [3.05, 3.63) is 16.5 Å². The molecule has 0 aromatic carbocycles. The zero-order valence-electron chi connectivity index (χ0n) is 10.4. The van der Waals surface area contributed by atoms with Crippen LogP contribution >= 0.6 is 11.3 Å². The number of hydrogen-bond acceptors (Lipinski definition) is 4. The molecule has 0 spiro atoms. The molecule has 0 amide bonds. The predicted molar refractivity (Wildman–Crippen MR) is 69.7 cm³/mol. The van der Waals surface area contributed by atoms with Gasteiger partial charge in [-0.05, 0) is 25.0 Å². The molecule has 17 heavy (non-hydrogen) atoms. The highest BCUT2D eigenvalue weighted by Crippen LogP contribution is 2.28. The van der Waals surface area contributed by atoms with Gasteiger partial charge in [0.05, 0.1) is 6.61 Å². The average molecular weight is 277 g/mol. The van der Waals surface area contributed by atoms with Crippen molar-refractivity contribution < 1.29 is 13.5 Å². The van der Waals surface area contributed by atoms with E-state index in [1.54, 1.807) is 6.07 Å². The highest BCUT2D eigenvalue weighted by atomic mass is 32.2. The van der Waals surface area contributed by atoms with Crippen molar-refractivity contribution >= 4 is 21.4 Å². The van der Waals surface area contributed by atoms with Gasteiger partial charge < -0.3 is 5.11 Å². The molecule has 0 radical (unpaired) electrons. The first-order valence-corrected chi connectivity index (χ1v) is 7.93. The van der Waals surface area contributed by atoms with Crippen molar-refractivity contribution in [2.75, 3.05) is 13.1 Å². The van der Waals surface area contributed by atoms with Gasteiger partial charge in [0.2, 0.25) is 0 Å². The Kier molecular flexibility index (Phi) is 5.12. The van der Waals surface area contributed by atoms with E-state index in [0.717, 1.165) is 28.2 Å². The van der Waals surface area contributed by atoms with Gasteiger partial charge in [-0.2, -0.15) is 4.31 Å². The van der Waals surface area contributed by atoms with E-state index in [9.17, 15) is 8.42 Å². The Morgan fingerprint density at radius 1 is 1.41 bits per heavy atom. The minimum absolute atomic E-state index is 0.105. The monoisotopic (exact) mass is 277 g/mol. The summed E-state index contributed by atoms with van der Waals surface area (Å²) in [6, 6.07) is 1.64. The molecule has 0 unspecified atom stereocenters. The molecule has 0 saturated carbocycles. The normalized spacial score (nSPS) is 12.3. The Hall–Kier alpha value is -0.430. The highest BCUT2D eigenvalue weighted by Gasteiger charge is 2.25. The quantitative estimate of drug-likeness (QED) is 0.865. The zero-order chi connectivity index (χ0) is 13.1. The molecule has 1 aromatic rings. The van der Waals surface area contributed by atoms with Gasteiger partial charge in [0.1, 0.15) is 4.21 Å². The van der Waals surface area contributed by atoms with E-state index >= 15 is 0 Å². The van der Waals surface area contributed by atoms with Crippen LogP contribution in [0.1, 0.15) is 30.7 Å². The summed E-state index contributed by atoms with van der Waals surface area (Å²) in [4.78, 5) is 0.719. The van der Waals surface area contributed by atoms with Gasteiger partial charge in [0, 0.05) is 18.0 Å². The fourth-order valence-corrected chi connectivity index (χ4v) is 4.74. The van der Waals surface area contributed by atoms with Crippen molar-refractivity contribution in [2.24, 2.45) is 0 Å². The maximum atomic E-state index is 12.3. The maximum absolute atomic E-state index is 12.3. The molecule has 6 heteroatoms. The summed E-state index contributed by atoms with van der Waals surface area (Å²) in [5, 5.41) is 9.10. The van der Waals surface area contributed by atoms with Crippen molar-refractivity contribution in [3.63, 3.8) is 0 Å². The highest BCUT2D eigenvalue weighted by molar-refractivity contribution is 7.91. The third-order valence-electron chi connectivity index (χ3n) is 2.56. The molecular weight excluding hydrogens is 258 g/mol. The molecule has 1 aromatic heterocycles. The SMILES string of the molecule is CCCN(CC)S(=O)(=O)c1cc(C)c(CO)s1. The van der Waals surface area contributed by atoms with Gasteiger partial charge in [0.15, 0.2) is 0 Å². The predicted octanol–water partition coefficient (Wildman–Crippen LogP) is 1.97. The third-order valence-corrected chi connectivity index (χ3v) is 6.21. The van der Waals surface area contributed by atoms with Gasteiger partial charge in [-0.25, -0.2) is 8.42 Å². The van der Waals surface area contributed by atoms with E-state index in [4.69, 9.17) is 5.11 Å². The van der Waals surface area contributed by atoms with E-state index in [0.29, 0.717) is 17.3 Å². The van der Waals surface area contributed by atoms with Crippen molar-refractivity contribution in [1.82, 2.24) is 4.31 Å². The molecule has 1 rings (SSSR count). The number of aliphatic hydroxyl groups is 1. The smallest absolute Gasteiger partial charge is 0.252 e. The zero-order valence-corrected chi connectivity index (χ0v) is 12.1. The Morgan fingerprint density at radius 2 is 2.06 bits per heavy atom. The molecule has 4 nitrogen and oxygen atoms in total. The molecule has 1 N–H and O–H groups in total. The number of hydrogen-bond donors (Lipinski definition) is 1. The first-order chi connectivity index (χ1) is 7.97. The van der Waals surface area contributed by atoms with Crippen LogP contribution in [0, 0.1) is 6.92 Å². The summed E-state index contributed by atoms with van der Waals surface area (Å²) < 4.78 is 26.4. The Bertz CT molecular complexity index is 465. The van der Waals surface area contributed by atoms with Crippen molar-refractivity contribution in [2.45, 2.75) is 38.0 Å². The van der Waals surface area contributed by atoms with Gasteiger partial charge in [-0.3, -0.25) is 0 Å². The molecular formula is C11H19NO3S2. The molecule has 0 saturated heterocycles. The molecule has 0 fully saturated rings. The second-order valence-corrected chi connectivity index (χ2v) is 7.13. The standard InChI is InChI=1S/C11H19NO3S2/c1-4-6-12(5-2)17(14,15)11-7-9(3)10(8-13)16-11/h7,13H,4-6,8H2,1-3H3. The Balaban J connectivity index is 3.11. The molecule has 0 aliphatic carbocycles. The number of nitrogens with zero attached hydrogens (tertiary/aromatic N) is 1. The lowest BCUT2D eigenvalue weighted by molar-refractivity contribution is 0.285. The van der Waals surface area contributed by atoms with Crippen LogP contribution in [-0.2, 0) is 16.6 Å². The minimum atomic E-state index is -3.38. The van der Waals surface area contributed by atoms with Gasteiger partial charge >= 0.3 is 0 Å². The maximum Gasteiger partial charge on any atom is 0.252 e. The van der Waals surface area contributed by atoms with E-state index in [-0.39, 0.29) is 6.61 Å². The fourth-order valence-electron chi connectivity index (χ4n) is 1.60. The molecule has 98 valence electrons. The Labute approximate surface area is 107 Å². The van der Waals surface area contributed by atoms with E-state index in [2.05, 4.69) is 0 Å². The minimum Gasteiger partial charge on any atom is -0.391 e. The molecule has 0 aliphatic heterocycles. The lowest BCUT2D eigenvalue weighted by Crippen LogP contribution is -2.31. The second-order valence-electron chi connectivity index (χ2n) is 3.83. The van der Waals surface area contributed by atoms with Gasteiger partial charge in [0.25, 0.3) is 10.0 Å². The van der Waals surface area contributed by atoms with E-state index in [1.807, 2.05) is 20.8 Å².